The second-order valence-electron chi connectivity index (χ2n) is 6.25. The number of carbonyl (C=O) groups is 2. The minimum atomic E-state index is -0.262. The Morgan fingerprint density at radius 2 is 1.46 bits per heavy atom. The third kappa shape index (κ3) is 5.24. The molecule has 0 radical (unpaired) electrons. The topological polar surface area (TPSA) is 76.7 Å². The van der Waals surface area contributed by atoms with Crippen LogP contribution in [-0.2, 0) is 4.79 Å². The fourth-order valence-corrected chi connectivity index (χ4v) is 2.40. The number of carbonyl (C=O) groups excluding carboxylic acids is 2. The van der Waals surface area contributed by atoms with Gasteiger partial charge in [0.1, 0.15) is 0 Å². The normalized spacial score (nSPS) is 10.3. The lowest BCUT2D eigenvalue weighted by molar-refractivity contribution is -0.116. The summed E-state index contributed by atoms with van der Waals surface area (Å²) in [6.45, 7) is 3.98. The number of hydrogen-bond donors (Lipinski definition) is 2. The molecule has 0 heterocycles. The molecule has 0 unspecified atom stereocenters. The lowest BCUT2D eigenvalue weighted by Gasteiger charge is -2.11. The fraction of sp³-hybridized carbons (Fsp3) is 0.300. The minimum absolute atomic E-state index is 0.0258. The van der Waals surface area contributed by atoms with Gasteiger partial charge in [-0.05, 0) is 48.4 Å². The van der Waals surface area contributed by atoms with Crippen molar-refractivity contribution in [1.82, 2.24) is 0 Å². The standard InChI is InChI=1S/C20H24N2O4/c1-13(2)11-19(23)21-15-6-8-16(9-7-15)22-20(24)14-5-10-17(25-3)18(12-14)26-4/h5-10,12-13H,11H2,1-4H3,(H,21,23)(H,22,24). The Balaban J connectivity index is 2.02. The predicted molar refractivity (Wildman–Crippen MR) is 102 cm³/mol. The summed E-state index contributed by atoms with van der Waals surface area (Å²) in [4.78, 5) is 24.2. The molecule has 2 rings (SSSR count). The van der Waals surface area contributed by atoms with Crippen LogP contribution in [0.25, 0.3) is 0 Å². The minimum Gasteiger partial charge on any atom is -0.493 e. The number of amides is 2. The summed E-state index contributed by atoms with van der Waals surface area (Å²) in [5.74, 6) is 1.06. The Labute approximate surface area is 153 Å². The molecule has 26 heavy (non-hydrogen) atoms. The van der Waals surface area contributed by atoms with Crippen LogP contribution in [0.1, 0.15) is 30.6 Å². The summed E-state index contributed by atoms with van der Waals surface area (Å²) in [6, 6.07) is 11.9. The molecule has 6 heteroatoms. The van der Waals surface area contributed by atoms with Gasteiger partial charge < -0.3 is 20.1 Å². The average Bonchev–Trinajstić information content (AvgIpc) is 2.62. The van der Waals surface area contributed by atoms with E-state index in [1.807, 2.05) is 13.8 Å². The molecule has 0 atom stereocenters. The van der Waals surface area contributed by atoms with Gasteiger partial charge >= 0.3 is 0 Å². The first-order valence-corrected chi connectivity index (χ1v) is 8.36. The summed E-state index contributed by atoms with van der Waals surface area (Å²) >= 11 is 0. The maximum absolute atomic E-state index is 12.4. The Morgan fingerprint density at radius 3 is 2.00 bits per heavy atom. The van der Waals surface area contributed by atoms with E-state index in [1.54, 1.807) is 49.6 Å². The summed E-state index contributed by atoms with van der Waals surface area (Å²) in [7, 11) is 3.06. The Bertz CT molecular complexity index is 770. The lowest BCUT2D eigenvalue weighted by Crippen LogP contribution is -2.14. The highest BCUT2D eigenvalue weighted by Crippen LogP contribution is 2.28. The summed E-state index contributed by atoms with van der Waals surface area (Å²) < 4.78 is 10.4. The summed E-state index contributed by atoms with van der Waals surface area (Å²) in [5.41, 5.74) is 1.78. The molecule has 6 nitrogen and oxygen atoms in total. The number of rotatable bonds is 7. The smallest absolute Gasteiger partial charge is 0.255 e. The van der Waals surface area contributed by atoms with Crippen molar-refractivity contribution in [3.8, 4) is 11.5 Å². The molecule has 138 valence electrons. The van der Waals surface area contributed by atoms with Crippen molar-refractivity contribution in [2.75, 3.05) is 24.9 Å². The fourth-order valence-electron chi connectivity index (χ4n) is 2.40. The molecule has 0 aromatic heterocycles. The van der Waals surface area contributed by atoms with Gasteiger partial charge in [0, 0.05) is 23.4 Å². The van der Waals surface area contributed by atoms with E-state index in [-0.39, 0.29) is 11.8 Å². The van der Waals surface area contributed by atoms with Crippen molar-refractivity contribution in [3.05, 3.63) is 48.0 Å². The van der Waals surface area contributed by atoms with Crippen LogP contribution in [-0.4, -0.2) is 26.0 Å². The number of hydrogen-bond acceptors (Lipinski definition) is 4. The maximum Gasteiger partial charge on any atom is 0.255 e. The zero-order valence-electron chi connectivity index (χ0n) is 15.5. The van der Waals surface area contributed by atoms with E-state index in [9.17, 15) is 9.59 Å². The number of methoxy groups -OCH3 is 2. The van der Waals surface area contributed by atoms with E-state index in [2.05, 4.69) is 10.6 Å². The molecular formula is C20H24N2O4. The average molecular weight is 356 g/mol. The largest absolute Gasteiger partial charge is 0.493 e. The van der Waals surface area contributed by atoms with Crippen LogP contribution in [0, 0.1) is 5.92 Å². The quantitative estimate of drug-likeness (QED) is 0.788. The van der Waals surface area contributed by atoms with Gasteiger partial charge in [0.15, 0.2) is 11.5 Å². The van der Waals surface area contributed by atoms with Gasteiger partial charge in [0.05, 0.1) is 14.2 Å². The number of anilines is 2. The SMILES string of the molecule is COc1ccc(C(=O)Nc2ccc(NC(=O)CC(C)C)cc2)cc1OC. The third-order valence-electron chi connectivity index (χ3n) is 3.67. The Hall–Kier alpha value is -3.02. The first-order valence-electron chi connectivity index (χ1n) is 8.36. The van der Waals surface area contributed by atoms with Crippen molar-refractivity contribution in [2.24, 2.45) is 5.92 Å². The second-order valence-corrected chi connectivity index (χ2v) is 6.25. The molecule has 0 bridgehead atoms. The first-order chi connectivity index (χ1) is 12.4. The maximum atomic E-state index is 12.4. The number of benzene rings is 2. The van der Waals surface area contributed by atoms with Gasteiger partial charge in [-0.15, -0.1) is 0 Å². The number of ether oxygens (including phenoxy) is 2. The van der Waals surface area contributed by atoms with E-state index < -0.39 is 0 Å². The van der Waals surface area contributed by atoms with Crippen LogP contribution >= 0.6 is 0 Å². The van der Waals surface area contributed by atoms with Crippen LogP contribution in [0.3, 0.4) is 0 Å². The highest BCUT2D eigenvalue weighted by atomic mass is 16.5. The van der Waals surface area contributed by atoms with E-state index in [0.29, 0.717) is 40.8 Å². The molecule has 0 aliphatic rings. The van der Waals surface area contributed by atoms with Crippen LogP contribution in [0.15, 0.2) is 42.5 Å². The molecule has 2 N–H and O–H groups in total. The lowest BCUT2D eigenvalue weighted by atomic mass is 10.1. The highest BCUT2D eigenvalue weighted by Gasteiger charge is 2.11. The van der Waals surface area contributed by atoms with Crippen molar-refractivity contribution in [1.29, 1.82) is 0 Å². The molecule has 0 aliphatic heterocycles. The molecule has 0 saturated carbocycles. The molecule has 0 spiro atoms. The molecular weight excluding hydrogens is 332 g/mol. The van der Waals surface area contributed by atoms with Crippen molar-refractivity contribution in [3.63, 3.8) is 0 Å². The number of nitrogens with one attached hydrogen (secondary N) is 2. The Morgan fingerprint density at radius 1 is 0.885 bits per heavy atom. The van der Waals surface area contributed by atoms with Gasteiger partial charge in [-0.3, -0.25) is 9.59 Å². The van der Waals surface area contributed by atoms with Gasteiger partial charge in [-0.25, -0.2) is 0 Å². The summed E-state index contributed by atoms with van der Waals surface area (Å²) in [6.07, 6.45) is 0.470. The van der Waals surface area contributed by atoms with E-state index in [0.717, 1.165) is 0 Å². The van der Waals surface area contributed by atoms with Crippen molar-refractivity contribution < 1.29 is 19.1 Å². The molecule has 2 aromatic carbocycles. The Kier molecular flexibility index (Phi) is 6.60. The van der Waals surface area contributed by atoms with Gasteiger partial charge in [-0.2, -0.15) is 0 Å². The van der Waals surface area contributed by atoms with Crippen LogP contribution in [0.2, 0.25) is 0 Å². The molecule has 2 aromatic rings. The van der Waals surface area contributed by atoms with Crippen LogP contribution < -0.4 is 20.1 Å². The summed E-state index contributed by atoms with van der Waals surface area (Å²) in [5, 5.41) is 5.64. The van der Waals surface area contributed by atoms with Crippen molar-refractivity contribution in [2.45, 2.75) is 20.3 Å². The molecule has 0 fully saturated rings. The van der Waals surface area contributed by atoms with Gasteiger partial charge in [0.2, 0.25) is 5.91 Å². The zero-order valence-corrected chi connectivity index (χ0v) is 15.5. The van der Waals surface area contributed by atoms with Crippen molar-refractivity contribution >= 4 is 23.2 Å². The third-order valence-corrected chi connectivity index (χ3v) is 3.67. The first kappa shape index (κ1) is 19.3. The van der Waals surface area contributed by atoms with Crippen LogP contribution in [0.4, 0.5) is 11.4 Å². The van der Waals surface area contributed by atoms with Gasteiger partial charge in [-0.1, -0.05) is 13.8 Å². The van der Waals surface area contributed by atoms with E-state index in [1.165, 1.54) is 7.11 Å². The molecule has 0 aliphatic carbocycles. The van der Waals surface area contributed by atoms with E-state index >= 15 is 0 Å². The van der Waals surface area contributed by atoms with Crippen LogP contribution in [0.5, 0.6) is 11.5 Å². The van der Waals surface area contributed by atoms with Gasteiger partial charge in [0.25, 0.3) is 5.91 Å². The monoisotopic (exact) mass is 356 g/mol. The molecule has 2 amide bonds. The predicted octanol–water partition coefficient (Wildman–Crippen LogP) is 3.94. The van der Waals surface area contributed by atoms with E-state index in [4.69, 9.17) is 9.47 Å². The molecule has 0 saturated heterocycles. The zero-order chi connectivity index (χ0) is 19.1. The highest BCUT2D eigenvalue weighted by molar-refractivity contribution is 6.04. The second kappa shape index (κ2) is 8.89.